The number of aliphatic hydroxyl groups excluding tert-OH is 2. The molecule has 0 saturated heterocycles. The normalized spacial score (nSPS) is 20.1. The van der Waals surface area contributed by atoms with Gasteiger partial charge in [-0.3, -0.25) is 14.9 Å². The van der Waals surface area contributed by atoms with E-state index in [4.69, 9.17) is 0 Å². The second kappa shape index (κ2) is 8.34. The van der Waals surface area contributed by atoms with Gasteiger partial charge in [0.2, 0.25) is 0 Å². The smallest absolute Gasteiger partial charge is 0.320 e. The topological polar surface area (TPSA) is 157 Å². The first-order chi connectivity index (χ1) is 11.8. The number of nitro groups is 1. The molecule has 25 heavy (non-hydrogen) atoms. The molecule has 0 radical (unpaired) electrons. The Morgan fingerprint density at radius 2 is 2.08 bits per heavy atom. The predicted molar refractivity (Wildman–Crippen MR) is 93.6 cm³/mol. The fourth-order valence-electron chi connectivity index (χ4n) is 2.46. The summed E-state index contributed by atoms with van der Waals surface area (Å²) in [6, 6.07) is 1.75. The third-order valence-electron chi connectivity index (χ3n) is 3.76. The lowest BCUT2D eigenvalue weighted by Crippen LogP contribution is -2.43. The van der Waals surface area contributed by atoms with E-state index in [9.17, 15) is 30.2 Å². The van der Waals surface area contributed by atoms with Crippen molar-refractivity contribution in [3.05, 3.63) is 27.8 Å². The Kier molecular flexibility index (Phi) is 6.42. The molecule has 138 valence electrons. The monoisotopic (exact) mass is 372 g/mol. The molecular formula is C14H20N4O6S. The Hall–Kier alpha value is -2.08. The van der Waals surface area contributed by atoms with Crippen LogP contribution in [0.15, 0.2) is 12.1 Å². The highest BCUT2D eigenvalue weighted by molar-refractivity contribution is 7.98. The number of nitrogens with one attached hydrogen (secondary N) is 3. The van der Waals surface area contributed by atoms with E-state index in [0.29, 0.717) is 23.4 Å². The molecule has 1 aromatic carbocycles. The average molecular weight is 372 g/mol. The molecule has 1 aliphatic rings. The number of rotatable bonds is 8. The Bertz CT molecular complexity index is 658. The number of carboxylic acids is 1. The number of carboxylic acid groups (broad SMARTS) is 1. The van der Waals surface area contributed by atoms with Gasteiger partial charge >= 0.3 is 5.97 Å². The highest BCUT2D eigenvalue weighted by Crippen LogP contribution is 2.35. The van der Waals surface area contributed by atoms with E-state index in [1.165, 1.54) is 23.9 Å². The summed E-state index contributed by atoms with van der Waals surface area (Å²) in [7, 11) is 0. The molecule has 1 aliphatic heterocycles. The largest absolute Gasteiger partial charge is 0.480 e. The van der Waals surface area contributed by atoms with Gasteiger partial charge in [-0.05, 0) is 24.0 Å². The molecule has 2 unspecified atom stereocenters. The molecule has 6 N–H and O–H groups in total. The first-order valence-corrected chi connectivity index (χ1v) is 8.88. The molecule has 0 amide bonds. The van der Waals surface area contributed by atoms with E-state index in [0.717, 1.165) is 0 Å². The fraction of sp³-hybridized carbons (Fsp3) is 0.500. The van der Waals surface area contributed by atoms with Crippen molar-refractivity contribution in [2.75, 3.05) is 22.6 Å². The molecule has 3 atom stereocenters. The van der Waals surface area contributed by atoms with E-state index in [1.807, 2.05) is 6.26 Å². The molecule has 11 heteroatoms. The second-order valence-electron chi connectivity index (χ2n) is 5.52. The Morgan fingerprint density at radius 3 is 2.68 bits per heavy atom. The summed E-state index contributed by atoms with van der Waals surface area (Å²) in [5, 5.41) is 47.8. The van der Waals surface area contributed by atoms with Crippen LogP contribution in [0.3, 0.4) is 0 Å². The zero-order valence-electron chi connectivity index (χ0n) is 13.4. The van der Waals surface area contributed by atoms with Crippen LogP contribution in [-0.2, 0) is 11.3 Å². The standard InChI is InChI=1S/C14H20N4O6S/c1-25-3-2-9(14(21)22)15-6-7-4-8(18(23)24)5-10-11(7)17-13(20)12(19)16-10/h4-5,9,12-13,15-17,19-20H,2-3,6H2,1H3,(H,21,22)/t9-,12?,13?/m1/s1. The van der Waals surface area contributed by atoms with Crippen molar-refractivity contribution in [2.24, 2.45) is 0 Å². The maximum atomic E-state index is 11.3. The summed E-state index contributed by atoms with van der Waals surface area (Å²) in [5.41, 5.74) is 0.854. The minimum Gasteiger partial charge on any atom is -0.480 e. The van der Waals surface area contributed by atoms with Gasteiger partial charge in [0.05, 0.1) is 16.3 Å². The number of non-ortho nitro benzene ring substituents is 1. The number of aliphatic hydroxyl groups is 2. The number of anilines is 2. The van der Waals surface area contributed by atoms with Crippen LogP contribution in [0.25, 0.3) is 0 Å². The van der Waals surface area contributed by atoms with Crippen LogP contribution in [0.2, 0.25) is 0 Å². The molecule has 1 heterocycles. The number of hydrogen-bond donors (Lipinski definition) is 6. The van der Waals surface area contributed by atoms with Crippen molar-refractivity contribution in [3.8, 4) is 0 Å². The quantitative estimate of drug-likeness (QED) is 0.278. The van der Waals surface area contributed by atoms with Gasteiger partial charge < -0.3 is 31.3 Å². The number of benzene rings is 1. The van der Waals surface area contributed by atoms with E-state index >= 15 is 0 Å². The molecule has 0 aliphatic carbocycles. The Morgan fingerprint density at radius 1 is 1.40 bits per heavy atom. The summed E-state index contributed by atoms with van der Waals surface area (Å²) >= 11 is 1.52. The number of fused-ring (bicyclic) bond motifs is 1. The molecule has 0 aromatic heterocycles. The van der Waals surface area contributed by atoms with Gasteiger partial charge in [-0.1, -0.05) is 0 Å². The zero-order valence-corrected chi connectivity index (χ0v) is 14.2. The van der Waals surface area contributed by atoms with E-state index < -0.39 is 29.4 Å². The van der Waals surface area contributed by atoms with E-state index in [2.05, 4.69) is 16.0 Å². The highest BCUT2D eigenvalue weighted by Gasteiger charge is 2.28. The van der Waals surface area contributed by atoms with Gasteiger partial charge in [0.25, 0.3) is 5.69 Å². The van der Waals surface area contributed by atoms with Crippen molar-refractivity contribution in [1.29, 1.82) is 0 Å². The molecule has 0 saturated carbocycles. The summed E-state index contributed by atoms with van der Waals surface area (Å²) < 4.78 is 0. The van der Waals surface area contributed by atoms with E-state index in [1.54, 1.807) is 0 Å². The van der Waals surface area contributed by atoms with Gasteiger partial charge in [0, 0.05) is 18.7 Å². The number of hydrogen-bond acceptors (Lipinski definition) is 9. The van der Waals surface area contributed by atoms with Crippen molar-refractivity contribution in [3.63, 3.8) is 0 Å². The number of thioether (sulfide) groups is 1. The van der Waals surface area contributed by atoms with Crippen LogP contribution in [0.4, 0.5) is 17.1 Å². The average Bonchev–Trinajstić information content (AvgIpc) is 2.55. The summed E-state index contributed by atoms with van der Waals surface area (Å²) in [4.78, 5) is 21.8. The van der Waals surface area contributed by atoms with Crippen molar-refractivity contribution >= 4 is 34.8 Å². The maximum Gasteiger partial charge on any atom is 0.320 e. The Balaban J connectivity index is 2.26. The third-order valence-corrected chi connectivity index (χ3v) is 4.40. The molecule has 0 spiro atoms. The molecule has 0 bridgehead atoms. The summed E-state index contributed by atoms with van der Waals surface area (Å²) in [5.74, 6) is -0.350. The highest BCUT2D eigenvalue weighted by atomic mass is 32.2. The lowest BCUT2D eigenvalue weighted by molar-refractivity contribution is -0.384. The maximum absolute atomic E-state index is 11.3. The van der Waals surface area contributed by atoms with Gasteiger partial charge in [0.1, 0.15) is 6.04 Å². The van der Waals surface area contributed by atoms with Crippen LogP contribution < -0.4 is 16.0 Å². The first kappa shape index (κ1) is 19.2. The van der Waals surface area contributed by atoms with Gasteiger partial charge in [-0.2, -0.15) is 11.8 Å². The third kappa shape index (κ3) is 4.72. The lowest BCUT2D eigenvalue weighted by Gasteiger charge is -2.31. The minimum absolute atomic E-state index is 0.0485. The number of nitrogens with zero attached hydrogens (tertiary/aromatic N) is 1. The molecular weight excluding hydrogens is 352 g/mol. The fourth-order valence-corrected chi connectivity index (χ4v) is 2.93. The second-order valence-corrected chi connectivity index (χ2v) is 6.50. The number of carbonyl (C=O) groups is 1. The minimum atomic E-state index is -1.32. The Labute approximate surface area is 147 Å². The van der Waals surface area contributed by atoms with Crippen molar-refractivity contribution in [1.82, 2.24) is 5.32 Å². The van der Waals surface area contributed by atoms with Crippen LogP contribution in [-0.4, -0.2) is 56.7 Å². The summed E-state index contributed by atoms with van der Waals surface area (Å²) in [6.07, 6.45) is -0.332. The van der Waals surface area contributed by atoms with Gasteiger partial charge in [-0.25, -0.2) is 0 Å². The zero-order chi connectivity index (χ0) is 18.6. The van der Waals surface area contributed by atoms with Crippen LogP contribution in [0.5, 0.6) is 0 Å². The first-order valence-electron chi connectivity index (χ1n) is 7.49. The van der Waals surface area contributed by atoms with Crippen LogP contribution in [0, 0.1) is 10.1 Å². The lowest BCUT2D eigenvalue weighted by atomic mass is 10.1. The number of aliphatic carboxylic acids is 1. The van der Waals surface area contributed by atoms with Crippen molar-refractivity contribution in [2.45, 2.75) is 31.5 Å². The number of nitro benzene ring substituents is 1. The van der Waals surface area contributed by atoms with Crippen molar-refractivity contribution < 1.29 is 25.0 Å². The van der Waals surface area contributed by atoms with Gasteiger partial charge in [0.15, 0.2) is 12.5 Å². The SMILES string of the molecule is CSCC[C@@H](NCc1cc([N+](=O)[O-])cc2c1NC(O)C(O)N2)C(=O)O. The van der Waals surface area contributed by atoms with Crippen LogP contribution >= 0.6 is 11.8 Å². The molecule has 2 rings (SSSR count). The van der Waals surface area contributed by atoms with E-state index in [-0.39, 0.29) is 17.9 Å². The molecule has 0 fully saturated rings. The van der Waals surface area contributed by atoms with Gasteiger partial charge in [-0.15, -0.1) is 0 Å². The predicted octanol–water partition coefficient (Wildman–Crippen LogP) is 0.365. The molecule has 1 aromatic rings. The van der Waals surface area contributed by atoms with Crippen LogP contribution in [0.1, 0.15) is 12.0 Å². The molecule has 10 nitrogen and oxygen atoms in total. The summed E-state index contributed by atoms with van der Waals surface area (Å²) in [6.45, 7) is 0.0485.